The lowest BCUT2D eigenvalue weighted by molar-refractivity contribution is -0.136. The van der Waals surface area contributed by atoms with Crippen LogP contribution in [0.3, 0.4) is 0 Å². The molecule has 5 heterocycles. The van der Waals surface area contributed by atoms with Crippen LogP contribution in [0.15, 0.2) is 79.1 Å². The molecule has 53 heavy (non-hydrogen) atoms. The SMILES string of the molecule is O=C1CCC(N2Cc3c(NC4CCCC(Nc5cccc(N6CCC(n7cc(C8CNc9ccccc9N8)cn7)CC6)c5)C4)cccc3C2=O)C(=O)N1. The number of hydrogen-bond acceptors (Lipinski definition) is 9. The molecule has 274 valence electrons. The second kappa shape index (κ2) is 14.1. The first-order chi connectivity index (χ1) is 25.9. The molecule has 9 rings (SSSR count). The van der Waals surface area contributed by atoms with Crippen LogP contribution in [-0.2, 0) is 16.1 Å². The lowest BCUT2D eigenvalue weighted by atomic mass is 9.90. The van der Waals surface area contributed by atoms with Crippen molar-refractivity contribution in [2.45, 2.75) is 88.1 Å². The molecular formula is C41H47N9O3. The molecule has 3 fully saturated rings. The lowest BCUT2D eigenvalue weighted by Gasteiger charge is -2.35. The zero-order chi connectivity index (χ0) is 35.9. The highest BCUT2D eigenvalue weighted by atomic mass is 16.2. The van der Waals surface area contributed by atoms with Crippen molar-refractivity contribution in [3.8, 4) is 0 Å². The number of hydrogen-bond donors (Lipinski definition) is 5. The summed E-state index contributed by atoms with van der Waals surface area (Å²) in [5.41, 5.74) is 8.43. The predicted molar refractivity (Wildman–Crippen MR) is 206 cm³/mol. The molecule has 1 saturated carbocycles. The number of nitrogens with zero attached hydrogens (tertiary/aromatic N) is 4. The number of carbonyl (C=O) groups excluding carboxylic acids is 3. The first kappa shape index (κ1) is 33.3. The van der Waals surface area contributed by atoms with Gasteiger partial charge in [0, 0.05) is 84.6 Å². The van der Waals surface area contributed by atoms with E-state index in [4.69, 9.17) is 5.10 Å². The Kier molecular flexibility index (Phi) is 8.89. The summed E-state index contributed by atoms with van der Waals surface area (Å²) < 4.78 is 2.18. The molecule has 4 unspecified atom stereocenters. The molecule has 12 heteroatoms. The van der Waals surface area contributed by atoms with Gasteiger partial charge in [-0.1, -0.05) is 24.3 Å². The standard InChI is InChI=1S/C41H47N9O3/c51-39-15-14-38(40(52)47-39)49-25-33-32(41(49)53)10-5-13-34(33)45-28-7-3-6-27(20-28)44-29-8-4-9-31(21-29)48-18-16-30(17-19-48)50-24-26(22-43-50)37-23-42-35-11-1-2-12-36(35)46-37/h1-2,4-5,8-13,21-22,24,27-28,30,37-38,42,44-46H,3,6-7,14-20,23,25H2,(H,47,51,52). The van der Waals surface area contributed by atoms with Crippen LogP contribution >= 0.6 is 0 Å². The van der Waals surface area contributed by atoms with E-state index in [0.29, 0.717) is 30.6 Å². The van der Waals surface area contributed by atoms with Gasteiger partial charge in [-0.3, -0.25) is 24.4 Å². The molecule has 2 saturated heterocycles. The molecule has 3 aromatic carbocycles. The van der Waals surface area contributed by atoms with Crippen LogP contribution in [-0.4, -0.2) is 70.2 Å². The smallest absolute Gasteiger partial charge is 0.255 e. The lowest BCUT2D eigenvalue weighted by Crippen LogP contribution is -2.52. The highest BCUT2D eigenvalue weighted by Gasteiger charge is 2.40. The Morgan fingerprint density at radius 1 is 0.830 bits per heavy atom. The fourth-order valence-corrected chi connectivity index (χ4v) is 8.96. The third kappa shape index (κ3) is 6.78. The maximum atomic E-state index is 13.3. The number of fused-ring (bicyclic) bond motifs is 2. The number of benzene rings is 3. The van der Waals surface area contributed by atoms with E-state index in [1.54, 1.807) is 4.90 Å². The van der Waals surface area contributed by atoms with Crippen molar-refractivity contribution in [3.05, 3.63) is 95.8 Å². The summed E-state index contributed by atoms with van der Waals surface area (Å²) in [5, 5.41) is 22.0. The van der Waals surface area contributed by atoms with Crippen molar-refractivity contribution < 1.29 is 14.4 Å². The number of piperidine rings is 2. The van der Waals surface area contributed by atoms with Gasteiger partial charge >= 0.3 is 0 Å². The van der Waals surface area contributed by atoms with E-state index in [-0.39, 0.29) is 36.2 Å². The third-order valence-electron chi connectivity index (χ3n) is 11.8. The summed E-state index contributed by atoms with van der Waals surface area (Å²) in [6.07, 6.45) is 11.2. The van der Waals surface area contributed by atoms with Gasteiger partial charge in [0.2, 0.25) is 11.8 Å². The average Bonchev–Trinajstić information content (AvgIpc) is 3.81. The van der Waals surface area contributed by atoms with Crippen molar-refractivity contribution in [3.63, 3.8) is 0 Å². The Hall–Kier alpha value is -5.52. The fourth-order valence-electron chi connectivity index (χ4n) is 8.96. The van der Waals surface area contributed by atoms with Crippen molar-refractivity contribution >= 4 is 46.2 Å². The number of imide groups is 1. The molecule has 5 N–H and O–H groups in total. The summed E-state index contributed by atoms with van der Waals surface area (Å²) in [5.74, 6) is -0.798. The number of anilines is 5. The van der Waals surface area contributed by atoms with Crippen LogP contribution < -0.4 is 31.5 Å². The van der Waals surface area contributed by atoms with Gasteiger partial charge in [-0.05, 0) is 87.4 Å². The van der Waals surface area contributed by atoms with Gasteiger partial charge in [0.15, 0.2) is 0 Å². The van der Waals surface area contributed by atoms with Crippen LogP contribution in [0, 0.1) is 0 Å². The summed E-state index contributed by atoms with van der Waals surface area (Å²) in [7, 11) is 0. The van der Waals surface area contributed by atoms with Crippen LogP contribution in [0.2, 0.25) is 0 Å². The second-order valence-electron chi connectivity index (χ2n) is 15.2. The predicted octanol–water partition coefficient (Wildman–Crippen LogP) is 5.90. The molecule has 12 nitrogen and oxygen atoms in total. The maximum Gasteiger partial charge on any atom is 0.255 e. The zero-order valence-electron chi connectivity index (χ0n) is 29.9. The topological polar surface area (TPSA) is 136 Å². The number of nitrogens with one attached hydrogen (secondary N) is 5. The van der Waals surface area contributed by atoms with Gasteiger partial charge in [0.05, 0.1) is 29.7 Å². The molecule has 5 aliphatic rings. The highest BCUT2D eigenvalue weighted by Crippen LogP contribution is 2.36. The van der Waals surface area contributed by atoms with Gasteiger partial charge in [-0.15, -0.1) is 0 Å². The van der Waals surface area contributed by atoms with E-state index in [2.05, 4.69) is 90.9 Å². The summed E-state index contributed by atoms with van der Waals surface area (Å²) in [6.45, 7) is 3.18. The second-order valence-corrected chi connectivity index (χ2v) is 15.2. The summed E-state index contributed by atoms with van der Waals surface area (Å²) >= 11 is 0. The van der Waals surface area contributed by atoms with E-state index in [9.17, 15) is 14.4 Å². The monoisotopic (exact) mass is 713 g/mol. The summed E-state index contributed by atoms with van der Waals surface area (Å²) in [6, 6.07) is 23.6. The first-order valence-corrected chi connectivity index (χ1v) is 19.2. The number of amides is 3. The molecule has 3 amide bonds. The minimum absolute atomic E-state index is 0.141. The molecule has 1 aromatic heterocycles. The van der Waals surface area contributed by atoms with Gasteiger partial charge in [0.1, 0.15) is 6.04 Å². The van der Waals surface area contributed by atoms with Gasteiger partial charge in [-0.2, -0.15) is 5.10 Å². The number of rotatable bonds is 8. The van der Waals surface area contributed by atoms with Crippen molar-refractivity contribution in [1.29, 1.82) is 0 Å². The number of para-hydroxylation sites is 2. The molecule has 4 aliphatic heterocycles. The normalized spacial score (nSPS) is 24.5. The molecule has 4 atom stereocenters. The van der Waals surface area contributed by atoms with Crippen LogP contribution in [0.1, 0.15) is 84.9 Å². The van der Waals surface area contributed by atoms with Gasteiger partial charge < -0.3 is 31.1 Å². The molecule has 0 spiro atoms. The quantitative estimate of drug-likeness (QED) is 0.142. The first-order valence-electron chi connectivity index (χ1n) is 19.2. The number of aromatic nitrogens is 2. The molecular weight excluding hydrogens is 667 g/mol. The highest BCUT2D eigenvalue weighted by molar-refractivity contribution is 6.06. The zero-order valence-corrected chi connectivity index (χ0v) is 29.9. The summed E-state index contributed by atoms with van der Waals surface area (Å²) in [4.78, 5) is 41.7. The largest absolute Gasteiger partial charge is 0.382 e. The Bertz CT molecular complexity index is 2020. The third-order valence-corrected chi connectivity index (χ3v) is 11.8. The molecule has 0 radical (unpaired) electrons. The average molecular weight is 714 g/mol. The minimum atomic E-state index is -0.614. The van der Waals surface area contributed by atoms with E-state index in [0.717, 1.165) is 86.5 Å². The van der Waals surface area contributed by atoms with Crippen molar-refractivity contribution in [2.24, 2.45) is 0 Å². The van der Waals surface area contributed by atoms with Gasteiger partial charge in [-0.25, -0.2) is 0 Å². The fraction of sp³-hybridized carbons (Fsp3) is 0.415. The number of carbonyl (C=O) groups is 3. The van der Waals surface area contributed by atoms with E-state index in [1.807, 2.05) is 24.4 Å². The van der Waals surface area contributed by atoms with Crippen molar-refractivity contribution in [2.75, 3.05) is 45.8 Å². The van der Waals surface area contributed by atoms with Crippen LogP contribution in [0.5, 0.6) is 0 Å². The molecule has 4 aromatic rings. The van der Waals surface area contributed by atoms with E-state index in [1.165, 1.54) is 11.3 Å². The van der Waals surface area contributed by atoms with E-state index < -0.39 is 6.04 Å². The van der Waals surface area contributed by atoms with Crippen LogP contribution in [0.4, 0.5) is 28.4 Å². The van der Waals surface area contributed by atoms with Crippen LogP contribution in [0.25, 0.3) is 0 Å². The van der Waals surface area contributed by atoms with Gasteiger partial charge in [0.25, 0.3) is 5.91 Å². The Morgan fingerprint density at radius 2 is 1.64 bits per heavy atom. The Morgan fingerprint density at radius 3 is 2.49 bits per heavy atom. The van der Waals surface area contributed by atoms with E-state index >= 15 is 0 Å². The van der Waals surface area contributed by atoms with Crippen molar-refractivity contribution in [1.82, 2.24) is 20.0 Å². The molecule has 1 aliphatic carbocycles. The Balaban J connectivity index is 0.788. The molecule has 0 bridgehead atoms. The maximum absolute atomic E-state index is 13.3. The minimum Gasteiger partial charge on any atom is -0.382 e. The Labute approximate surface area is 309 Å².